The molecule has 144 valence electrons. The van der Waals surface area contributed by atoms with Gasteiger partial charge in [0.15, 0.2) is 11.7 Å². The Morgan fingerprint density at radius 3 is 2.43 bits per heavy atom. The number of nitro benzene ring substituents is 1. The van der Waals surface area contributed by atoms with Crippen LogP contribution in [0.3, 0.4) is 0 Å². The zero-order valence-corrected chi connectivity index (χ0v) is 15.7. The van der Waals surface area contributed by atoms with Crippen molar-refractivity contribution < 1.29 is 14.1 Å². The molecule has 3 aromatic rings. The van der Waals surface area contributed by atoms with Crippen LogP contribution in [0.2, 0.25) is 0 Å². The summed E-state index contributed by atoms with van der Waals surface area (Å²) in [6.07, 6.45) is 2.22. The highest BCUT2D eigenvalue weighted by Gasteiger charge is 2.11. The third kappa shape index (κ3) is 4.82. The number of nitrogens with one attached hydrogen (secondary N) is 1. The maximum Gasteiger partial charge on any atom is 0.269 e. The number of amides is 1. The van der Waals surface area contributed by atoms with Crippen LogP contribution in [-0.2, 0) is 11.2 Å². The molecule has 7 nitrogen and oxygen atoms in total. The summed E-state index contributed by atoms with van der Waals surface area (Å²) in [5, 5.41) is 13.3. The molecular weight excluding hydrogens is 358 g/mol. The maximum absolute atomic E-state index is 12.1. The van der Waals surface area contributed by atoms with Crippen LogP contribution in [0.25, 0.3) is 11.3 Å². The second-order valence-corrected chi connectivity index (χ2v) is 6.75. The molecule has 0 aliphatic heterocycles. The predicted octanol–water partition coefficient (Wildman–Crippen LogP) is 4.94. The molecule has 0 spiro atoms. The number of carbonyl (C=O) groups is 1. The number of hydrogen-bond acceptors (Lipinski definition) is 5. The van der Waals surface area contributed by atoms with Crippen molar-refractivity contribution in [3.05, 3.63) is 76.3 Å². The lowest BCUT2D eigenvalue weighted by Gasteiger charge is -2.05. The summed E-state index contributed by atoms with van der Waals surface area (Å²) in [4.78, 5) is 26.5. The molecule has 0 bridgehead atoms. The molecule has 0 unspecified atom stereocenters. The van der Waals surface area contributed by atoms with E-state index in [1.54, 1.807) is 6.20 Å². The molecule has 0 aliphatic rings. The average molecular weight is 379 g/mol. The van der Waals surface area contributed by atoms with Gasteiger partial charge in [-0.05, 0) is 23.6 Å². The molecular formula is C21H21N3O4. The van der Waals surface area contributed by atoms with E-state index in [1.807, 2.05) is 12.1 Å². The van der Waals surface area contributed by atoms with Gasteiger partial charge in [0, 0.05) is 36.2 Å². The van der Waals surface area contributed by atoms with Crippen LogP contribution in [-0.4, -0.2) is 15.8 Å². The first kappa shape index (κ1) is 19.3. The van der Waals surface area contributed by atoms with Gasteiger partial charge in [0.2, 0.25) is 5.91 Å². The van der Waals surface area contributed by atoms with E-state index < -0.39 is 4.92 Å². The normalized spacial score (nSPS) is 10.8. The fourth-order valence-electron chi connectivity index (χ4n) is 2.70. The number of nitro groups is 1. The third-order valence-corrected chi connectivity index (χ3v) is 4.34. The highest BCUT2D eigenvalue weighted by Crippen LogP contribution is 2.24. The van der Waals surface area contributed by atoms with Crippen LogP contribution in [0.4, 0.5) is 11.4 Å². The van der Waals surface area contributed by atoms with Crippen molar-refractivity contribution in [3.8, 4) is 11.3 Å². The topological polar surface area (TPSA) is 98.3 Å². The van der Waals surface area contributed by atoms with E-state index in [1.165, 1.54) is 29.8 Å². The minimum absolute atomic E-state index is 0.0215. The molecule has 1 amide bonds. The van der Waals surface area contributed by atoms with Crippen molar-refractivity contribution in [2.45, 2.75) is 32.6 Å². The summed E-state index contributed by atoms with van der Waals surface area (Å²) < 4.78 is 5.75. The van der Waals surface area contributed by atoms with Gasteiger partial charge in [-0.1, -0.05) is 38.1 Å². The second-order valence-electron chi connectivity index (χ2n) is 6.75. The van der Waals surface area contributed by atoms with Gasteiger partial charge in [0.05, 0.1) is 11.1 Å². The van der Waals surface area contributed by atoms with Crippen molar-refractivity contribution in [3.63, 3.8) is 0 Å². The summed E-state index contributed by atoms with van der Waals surface area (Å²) in [7, 11) is 0. The first-order valence-electron chi connectivity index (χ1n) is 9.01. The molecule has 1 N–H and O–H groups in total. The summed E-state index contributed by atoms with van der Waals surface area (Å²) in [6, 6.07) is 13.8. The Morgan fingerprint density at radius 2 is 1.82 bits per heavy atom. The number of anilines is 1. The van der Waals surface area contributed by atoms with E-state index in [2.05, 4.69) is 36.3 Å². The van der Waals surface area contributed by atoms with Crippen molar-refractivity contribution in [1.29, 1.82) is 0 Å². The van der Waals surface area contributed by atoms with Crippen LogP contribution < -0.4 is 5.32 Å². The van der Waals surface area contributed by atoms with Crippen molar-refractivity contribution in [2.75, 3.05) is 5.32 Å². The van der Waals surface area contributed by atoms with E-state index in [4.69, 9.17) is 4.42 Å². The van der Waals surface area contributed by atoms with E-state index >= 15 is 0 Å². The van der Waals surface area contributed by atoms with E-state index in [0.29, 0.717) is 29.7 Å². The number of non-ortho nitro benzene ring substituents is 1. The smallest absolute Gasteiger partial charge is 0.269 e. The molecule has 2 aromatic carbocycles. The minimum Gasteiger partial charge on any atom is -0.441 e. The van der Waals surface area contributed by atoms with Gasteiger partial charge in [-0.2, -0.15) is 0 Å². The SMILES string of the molecule is CC(C)c1ccc(-c2cnc(CCC(=O)Nc3ccc([N+](=O)[O-])cc3)o2)cc1. The lowest BCUT2D eigenvalue weighted by atomic mass is 10.0. The average Bonchev–Trinajstić information content (AvgIpc) is 3.16. The molecule has 0 saturated carbocycles. The number of oxazole rings is 1. The molecule has 7 heteroatoms. The number of nitrogens with zero attached hydrogens (tertiary/aromatic N) is 2. The highest BCUT2D eigenvalue weighted by molar-refractivity contribution is 5.90. The molecule has 0 fully saturated rings. The number of hydrogen-bond donors (Lipinski definition) is 1. The maximum atomic E-state index is 12.1. The Kier molecular flexibility index (Phi) is 5.84. The van der Waals surface area contributed by atoms with Crippen molar-refractivity contribution in [2.24, 2.45) is 0 Å². The number of carbonyl (C=O) groups excluding carboxylic acids is 1. The molecule has 0 atom stereocenters. The molecule has 1 aromatic heterocycles. The van der Waals surface area contributed by atoms with Crippen molar-refractivity contribution >= 4 is 17.3 Å². The lowest BCUT2D eigenvalue weighted by molar-refractivity contribution is -0.384. The summed E-state index contributed by atoms with van der Waals surface area (Å²) in [6.45, 7) is 4.28. The number of aryl methyl sites for hydroxylation is 1. The summed E-state index contributed by atoms with van der Waals surface area (Å²) >= 11 is 0. The Morgan fingerprint density at radius 1 is 1.14 bits per heavy atom. The zero-order valence-electron chi connectivity index (χ0n) is 15.7. The first-order valence-corrected chi connectivity index (χ1v) is 9.01. The molecule has 1 heterocycles. The standard InChI is InChI=1S/C21H21N3O4/c1-14(2)15-3-5-16(6-4-15)19-13-22-21(28-19)12-11-20(25)23-17-7-9-18(10-8-17)24(26)27/h3-10,13-14H,11-12H2,1-2H3,(H,23,25). The molecule has 0 saturated heterocycles. The van der Waals surface area contributed by atoms with Crippen molar-refractivity contribution in [1.82, 2.24) is 4.98 Å². The van der Waals surface area contributed by atoms with Gasteiger partial charge in [-0.15, -0.1) is 0 Å². The van der Waals surface area contributed by atoms with Crippen LogP contribution in [0.15, 0.2) is 59.1 Å². The Balaban J connectivity index is 1.55. The zero-order chi connectivity index (χ0) is 20.1. The summed E-state index contributed by atoms with van der Waals surface area (Å²) in [5.74, 6) is 1.41. The number of benzene rings is 2. The quantitative estimate of drug-likeness (QED) is 0.463. The van der Waals surface area contributed by atoms with Gasteiger partial charge in [0.1, 0.15) is 0 Å². The van der Waals surface area contributed by atoms with Crippen LogP contribution in [0.5, 0.6) is 0 Å². The van der Waals surface area contributed by atoms with Gasteiger partial charge >= 0.3 is 0 Å². The fourth-order valence-corrected chi connectivity index (χ4v) is 2.70. The fraction of sp³-hybridized carbons (Fsp3) is 0.238. The van der Waals surface area contributed by atoms with Crippen LogP contribution in [0.1, 0.15) is 37.6 Å². The van der Waals surface area contributed by atoms with Gasteiger partial charge in [0.25, 0.3) is 5.69 Å². The van der Waals surface area contributed by atoms with E-state index in [9.17, 15) is 14.9 Å². The summed E-state index contributed by atoms with van der Waals surface area (Å²) in [5.41, 5.74) is 2.69. The Labute approximate surface area is 162 Å². The number of rotatable bonds is 7. The lowest BCUT2D eigenvalue weighted by Crippen LogP contribution is -2.12. The Hall–Kier alpha value is -3.48. The van der Waals surface area contributed by atoms with E-state index in [0.717, 1.165) is 5.56 Å². The highest BCUT2D eigenvalue weighted by atomic mass is 16.6. The molecule has 3 rings (SSSR count). The number of aromatic nitrogens is 1. The van der Waals surface area contributed by atoms with Crippen LogP contribution >= 0.6 is 0 Å². The van der Waals surface area contributed by atoms with Gasteiger partial charge in [-0.25, -0.2) is 4.98 Å². The third-order valence-electron chi connectivity index (χ3n) is 4.34. The van der Waals surface area contributed by atoms with Crippen LogP contribution in [0, 0.1) is 10.1 Å². The largest absolute Gasteiger partial charge is 0.441 e. The predicted molar refractivity (Wildman–Crippen MR) is 106 cm³/mol. The Bertz CT molecular complexity index is 960. The second kappa shape index (κ2) is 8.47. The molecule has 28 heavy (non-hydrogen) atoms. The van der Waals surface area contributed by atoms with E-state index in [-0.39, 0.29) is 18.0 Å². The van der Waals surface area contributed by atoms with Gasteiger partial charge in [-0.3, -0.25) is 14.9 Å². The minimum atomic E-state index is -0.484. The molecule has 0 aliphatic carbocycles. The monoisotopic (exact) mass is 379 g/mol. The molecule has 0 radical (unpaired) electrons. The first-order chi connectivity index (χ1) is 13.4. The van der Waals surface area contributed by atoms with Gasteiger partial charge < -0.3 is 9.73 Å².